The minimum atomic E-state index is 0.0139. The molecule has 0 radical (unpaired) electrons. The molecule has 0 atom stereocenters. The molecule has 72 valence electrons. The Labute approximate surface area is 87.3 Å². The molecule has 2 nitrogen and oxygen atoms in total. The summed E-state index contributed by atoms with van der Waals surface area (Å²) < 4.78 is 0. The number of nitrogens with one attached hydrogen (secondary N) is 1. The van der Waals surface area contributed by atoms with Crippen LogP contribution >= 0.6 is 11.6 Å². The summed E-state index contributed by atoms with van der Waals surface area (Å²) in [4.78, 5) is 11.6. The van der Waals surface area contributed by atoms with E-state index in [1.807, 2.05) is 12.1 Å². The van der Waals surface area contributed by atoms with Crippen molar-refractivity contribution in [2.45, 2.75) is 18.3 Å². The summed E-state index contributed by atoms with van der Waals surface area (Å²) in [5.41, 5.74) is 2.19. The molecule has 3 rings (SSSR count). The molecule has 3 heteroatoms. The number of halogens is 1. The number of hydrogen-bond acceptors (Lipinski definition) is 1. The monoisotopic (exact) mass is 207 g/mol. The molecule has 0 aromatic heterocycles. The van der Waals surface area contributed by atoms with Crippen molar-refractivity contribution in [3.63, 3.8) is 0 Å². The van der Waals surface area contributed by atoms with Crippen molar-refractivity contribution >= 4 is 17.5 Å². The van der Waals surface area contributed by atoms with Crippen LogP contribution in [0.4, 0.5) is 0 Å². The number of carbonyl (C=O) groups excluding carboxylic acids is 1. The molecular weight excluding hydrogens is 198 g/mol. The fourth-order valence-corrected chi connectivity index (χ4v) is 2.38. The summed E-state index contributed by atoms with van der Waals surface area (Å²) >= 11 is 5.88. The molecule has 14 heavy (non-hydrogen) atoms. The zero-order valence-electron chi connectivity index (χ0n) is 7.64. The van der Waals surface area contributed by atoms with E-state index < -0.39 is 0 Å². The Morgan fingerprint density at radius 3 is 2.86 bits per heavy atom. The van der Waals surface area contributed by atoms with Gasteiger partial charge in [0.05, 0.1) is 0 Å². The van der Waals surface area contributed by atoms with Crippen LogP contribution in [0.5, 0.6) is 0 Å². The number of rotatable bonds is 0. The molecule has 2 aliphatic rings. The van der Waals surface area contributed by atoms with Crippen LogP contribution in [0.1, 0.15) is 28.8 Å². The zero-order valence-corrected chi connectivity index (χ0v) is 8.40. The number of carbonyl (C=O) groups is 1. The summed E-state index contributed by atoms with van der Waals surface area (Å²) in [6.45, 7) is 0.792. The average Bonchev–Trinajstić information content (AvgIpc) is 2.93. The molecule has 1 aromatic rings. The average molecular weight is 208 g/mol. The van der Waals surface area contributed by atoms with Gasteiger partial charge in [-0.05, 0) is 30.5 Å². The van der Waals surface area contributed by atoms with Gasteiger partial charge in [0.2, 0.25) is 0 Å². The standard InChI is InChI=1S/C11H10ClNO/c12-7-1-2-9-8(5-7)10(14)13-6-11(9)3-4-11/h1-2,5H,3-4,6H2,(H,13,14). The van der Waals surface area contributed by atoms with Crippen molar-refractivity contribution in [3.8, 4) is 0 Å². The molecule has 1 spiro atoms. The highest BCUT2D eigenvalue weighted by atomic mass is 35.5. The molecule has 0 unspecified atom stereocenters. The van der Waals surface area contributed by atoms with Gasteiger partial charge in [0, 0.05) is 22.5 Å². The van der Waals surface area contributed by atoms with Gasteiger partial charge in [-0.1, -0.05) is 17.7 Å². The molecule has 1 aromatic carbocycles. The van der Waals surface area contributed by atoms with Gasteiger partial charge in [-0.25, -0.2) is 0 Å². The number of amides is 1. The van der Waals surface area contributed by atoms with E-state index in [0.29, 0.717) is 5.02 Å². The Morgan fingerprint density at radius 1 is 1.36 bits per heavy atom. The van der Waals surface area contributed by atoms with Crippen LogP contribution in [0.2, 0.25) is 5.02 Å². The second-order valence-electron chi connectivity index (χ2n) is 4.15. The SMILES string of the molecule is O=C1NCC2(CC2)c2ccc(Cl)cc21. The molecule has 1 fully saturated rings. The third-order valence-corrected chi connectivity index (χ3v) is 3.47. The van der Waals surface area contributed by atoms with E-state index in [2.05, 4.69) is 5.32 Å². The first kappa shape index (κ1) is 8.30. The van der Waals surface area contributed by atoms with E-state index in [0.717, 1.165) is 12.1 Å². The predicted octanol–water partition coefficient (Wildman–Crippen LogP) is 2.12. The molecule has 1 saturated carbocycles. The number of benzene rings is 1. The quantitative estimate of drug-likeness (QED) is 0.694. The first-order valence-electron chi connectivity index (χ1n) is 4.80. The first-order valence-corrected chi connectivity index (χ1v) is 5.17. The van der Waals surface area contributed by atoms with Crippen LogP contribution in [0.25, 0.3) is 0 Å². The molecule has 1 heterocycles. The fourth-order valence-electron chi connectivity index (χ4n) is 2.20. The molecule has 1 aliphatic heterocycles. The van der Waals surface area contributed by atoms with Crippen molar-refractivity contribution in [3.05, 3.63) is 34.3 Å². The van der Waals surface area contributed by atoms with Gasteiger partial charge < -0.3 is 5.32 Å². The van der Waals surface area contributed by atoms with Crippen molar-refractivity contribution in [2.24, 2.45) is 0 Å². The Kier molecular flexibility index (Phi) is 1.49. The molecule has 1 aliphatic carbocycles. The van der Waals surface area contributed by atoms with Gasteiger partial charge >= 0.3 is 0 Å². The lowest BCUT2D eigenvalue weighted by molar-refractivity contribution is 0.0937. The maximum atomic E-state index is 11.6. The Bertz CT molecular complexity index is 423. The third kappa shape index (κ3) is 1.01. The molecular formula is C11H10ClNO. The largest absolute Gasteiger partial charge is 0.351 e. The smallest absolute Gasteiger partial charge is 0.251 e. The Hall–Kier alpha value is -1.02. The van der Waals surface area contributed by atoms with E-state index in [-0.39, 0.29) is 11.3 Å². The van der Waals surface area contributed by atoms with Gasteiger partial charge in [0.15, 0.2) is 0 Å². The van der Waals surface area contributed by atoms with Gasteiger partial charge in [0.25, 0.3) is 5.91 Å². The summed E-state index contributed by atoms with van der Waals surface area (Å²) in [6, 6.07) is 5.65. The van der Waals surface area contributed by atoms with E-state index in [1.54, 1.807) is 6.07 Å². The van der Waals surface area contributed by atoms with Crippen LogP contribution in [-0.2, 0) is 5.41 Å². The summed E-state index contributed by atoms with van der Waals surface area (Å²) in [5.74, 6) is 0.0139. The Balaban J connectivity index is 2.21. The minimum Gasteiger partial charge on any atom is -0.351 e. The molecule has 1 N–H and O–H groups in total. The molecule has 1 amide bonds. The lowest BCUT2D eigenvalue weighted by atomic mass is 9.88. The van der Waals surface area contributed by atoms with Crippen LogP contribution < -0.4 is 5.32 Å². The van der Waals surface area contributed by atoms with Gasteiger partial charge in [-0.2, -0.15) is 0 Å². The van der Waals surface area contributed by atoms with Crippen LogP contribution in [-0.4, -0.2) is 12.5 Å². The second-order valence-corrected chi connectivity index (χ2v) is 4.59. The number of fused-ring (bicyclic) bond motifs is 2. The van der Waals surface area contributed by atoms with E-state index in [9.17, 15) is 4.79 Å². The zero-order chi connectivity index (χ0) is 9.76. The third-order valence-electron chi connectivity index (χ3n) is 3.24. The number of hydrogen-bond donors (Lipinski definition) is 1. The highest BCUT2D eigenvalue weighted by molar-refractivity contribution is 6.31. The lowest BCUT2D eigenvalue weighted by Crippen LogP contribution is -2.39. The highest BCUT2D eigenvalue weighted by Crippen LogP contribution is 2.50. The fraction of sp³-hybridized carbons (Fsp3) is 0.364. The van der Waals surface area contributed by atoms with Gasteiger partial charge in [0.1, 0.15) is 0 Å². The topological polar surface area (TPSA) is 29.1 Å². The Morgan fingerprint density at radius 2 is 2.14 bits per heavy atom. The van der Waals surface area contributed by atoms with Crippen molar-refractivity contribution in [1.82, 2.24) is 5.32 Å². The summed E-state index contributed by atoms with van der Waals surface area (Å²) in [5, 5.41) is 3.56. The normalized spacial score (nSPS) is 21.6. The van der Waals surface area contributed by atoms with Crippen LogP contribution in [0.3, 0.4) is 0 Å². The highest BCUT2D eigenvalue weighted by Gasteiger charge is 2.48. The van der Waals surface area contributed by atoms with Crippen molar-refractivity contribution < 1.29 is 4.79 Å². The molecule has 0 bridgehead atoms. The summed E-state index contributed by atoms with van der Waals surface area (Å²) in [7, 11) is 0. The summed E-state index contributed by atoms with van der Waals surface area (Å²) in [6.07, 6.45) is 2.36. The first-order chi connectivity index (χ1) is 6.71. The van der Waals surface area contributed by atoms with Crippen molar-refractivity contribution in [1.29, 1.82) is 0 Å². The maximum absolute atomic E-state index is 11.6. The minimum absolute atomic E-state index is 0.0139. The van der Waals surface area contributed by atoms with E-state index in [1.165, 1.54) is 18.4 Å². The van der Waals surface area contributed by atoms with Crippen LogP contribution in [0, 0.1) is 0 Å². The van der Waals surface area contributed by atoms with Gasteiger partial charge in [-0.15, -0.1) is 0 Å². The van der Waals surface area contributed by atoms with Crippen molar-refractivity contribution in [2.75, 3.05) is 6.54 Å². The molecule has 0 saturated heterocycles. The predicted molar refractivity (Wildman–Crippen MR) is 54.7 cm³/mol. The maximum Gasteiger partial charge on any atom is 0.251 e. The van der Waals surface area contributed by atoms with Crippen LogP contribution in [0.15, 0.2) is 18.2 Å². The van der Waals surface area contributed by atoms with E-state index in [4.69, 9.17) is 11.6 Å². The van der Waals surface area contributed by atoms with Gasteiger partial charge in [-0.3, -0.25) is 4.79 Å². The second kappa shape index (κ2) is 2.51. The van der Waals surface area contributed by atoms with E-state index >= 15 is 0 Å². The lowest BCUT2D eigenvalue weighted by Gasteiger charge is -2.25.